The molecule has 2 saturated heterocycles. The molecule has 3 N–H and O–H groups in total. The van der Waals surface area contributed by atoms with E-state index in [0.717, 1.165) is 31.6 Å². The Labute approximate surface area is 149 Å². The van der Waals surface area contributed by atoms with E-state index in [-0.39, 0.29) is 29.7 Å². The molecule has 0 spiro atoms. The molecule has 3 rings (SSSR count). The van der Waals surface area contributed by atoms with Crippen molar-refractivity contribution in [1.29, 1.82) is 0 Å². The maximum Gasteiger partial charge on any atom is 0.220 e. The van der Waals surface area contributed by atoms with Crippen LogP contribution in [0.4, 0.5) is 4.39 Å². The smallest absolute Gasteiger partial charge is 0.220 e. The fourth-order valence-electron chi connectivity index (χ4n) is 4.08. The molecule has 0 saturated carbocycles. The van der Waals surface area contributed by atoms with Crippen molar-refractivity contribution >= 4 is 5.91 Å². The number of carbonyl (C=O) groups excluding carboxylic acids is 1. The first kappa shape index (κ1) is 18.3. The Morgan fingerprint density at radius 1 is 1.32 bits per heavy atom. The Kier molecular flexibility index (Phi) is 6.04. The summed E-state index contributed by atoms with van der Waals surface area (Å²) in [5.41, 5.74) is 7.47. The first-order chi connectivity index (χ1) is 12.1. The lowest BCUT2D eigenvalue weighted by Crippen LogP contribution is -2.41. The SMILES string of the molecule is CCN1CCCC1CNC(=O)CC1C(C)NNC1c1ccc(F)cc1. The van der Waals surface area contributed by atoms with Crippen LogP contribution in [0.1, 0.15) is 44.7 Å². The van der Waals surface area contributed by atoms with Crippen molar-refractivity contribution in [2.45, 2.75) is 51.2 Å². The summed E-state index contributed by atoms with van der Waals surface area (Å²) in [6.45, 7) is 7.16. The number of rotatable bonds is 6. The number of likely N-dealkylation sites (tertiary alicyclic amines) is 1. The Morgan fingerprint density at radius 2 is 2.08 bits per heavy atom. The third kappa shape index (κ3) is 4.37. The second-order valence-electron chi connectivity index (χ2n) is 7.20. The highest BCUT2D eigenvalue weighted by atomic mass is 19.1. The van der Waals surface area contributed by atoms with Crippen LogP contribution in [0.15, 0.2) is 24.3 Å². The third-order valence-electron chi connectivity index (χ3n) is 5.63. The highest BCUT2D eigenvalue weighted by molar-refractivity contribution is 5.76. The quantitative estimate of drug-likeness (QED) is 0.736. The van der Waals surface area contributed by atoms with Crippen LogP contribution >= 0.6 is 0 Å². The van der Waals surface area contributed by atoms with Crippen LogP contribution in [0.2, 0.25) is 0 Å². The molecule has 1 aromatic rings. The van der Waals surface area contributed by atoms with Gasteiger partial charge in [0.25, 0.3) is 0 Å². The Morgan fingerprint density at radius 3 is 2.80 bits per heavy atom. The molecule has 0 aromatic heterocycles. The van der Waals surface area contributed by atoms with Crippen molar-refractivity contribution in [1.82, 2.24) is 21.1 Å². The second-order valence-corrected chi connectivity index (χ2v) is 7.20. The maximum atomic E-state index is 13.2. The molecular formula is C19H29FN4O. The standard InChI is InChI=1S/C19H29FN4O/c1-3-24-10-4-5-16(24)12-21-18(25)11-17-13(2)22-23-19(17)14-6-8-15(20)9-7-14/h6-9,13,16-17,19,22-23H,3-5,10-12H2,1-2H3,(H,21,25). The molecule has 1 aromatic carbocycles. The molecule has 1 amide bonds. The molecule has 0 radical (unpaired) electrons. The number of hydrogen-bond acceptors (Lipinski definition) is 4. The van der Waals surface area contributed by atoms with E-state index in [9.17, 15) is 9.18 Å². The van der Waals surface area contributed by atoms with E-state index in [2.05, 4.69) is 34.9 Å². The Balaban J connectivity index is 1.56. The molecule has 2 fully saturated rings. The van der Waals surface area contributed by atoms with Gasteiger partial charge in [-0.15, -0.1) is 0 Å². The number of halogens is 1. The van der Waals surface area contributed by atoms with E-state index in [4.69, 9.17) is 0 Å². The van der Waals surface area contributed by atoms with E-state index in [1.54, 1.807) is 12.1 Å². The van der Waals surface area contributed by atoms with Crippen molar-refractivity contribution < 1.29 is 9.18 Å². The minimum absolute atomic E-state index is 0.0139. The summed E-state index contributed by atoms with van der Waals surface area (Å²) in [5, 5.41) is 3.12. The van der Waals surface area contributed by atoms with Gasteiger partial charge in [0.1, 0.15) is 5.82 Å². The zero-order valence-corrected chi connectivity index (χ0v) is 15.1. The van der Waals surface area contributed by atoms with E-state index in [1.165, 1.54) is 18.6 Å². The fraction of sp³-hybridized carbons (Fsp3) is 0.632. The highest BCUT2D eigenvalue weighted by Crippen LogP contribution is 2.31. The number of nitrogens with zero attached hydrogens (tertiary/aromatic N) is 1. The lowest BCUT2D eigenvalue weighted by molar-refractivity contribution is -0.122. The molecule has 2 heterocycles. The van der Waals surface area contributed by atoms with Gasteiger partial charge in [-0.3, -0.25) is 15.1 Å². The van der Waals surface area contributed by atoms with Gasteiger partial charge in [0, 0.05) is 31.0 Å². The third-order valence-corrected chi connectivity index (χ3v) is 5.63. The largest absolute Gasteiger partial charge is 0.355 e. The van der Waals surface area contributed by atoms with Crippen LogP contribution in [0.25, 0.3) is 0 Å². The topological polar surface area (TPSA) is 56.4 Å². The molecule has 4 unspecified atom stereocenters. The van der Waals surface area contributed by atoms with Gasteiger partial charge in [-0.1, -0.05) is 19.1 Å². The van der Waals surface area contributed by atoms with Crippen LogP contribution in [-0.2, 0) is 4.79 Å². The second kappa shape index (κ2) is 8.25. The average Bonchev–Trinajstić information content (AvgIpc) is 3.21. The summed E-state index contributed by atoms with van der Waals surface area (Å²) in [5.74, 6) is -0.0113. The number of nitrogens with one attached hydrogen (secondary N) is 3. The molecule has 4 atom stereocenters. The Bertz CT molecular complexity index is 579. The van der Waals surface area contributed by atoms with Gasteiger partial charge in [0.05, 0.1) is 6.04 Å². The zero-order chi connectivity index (χ0) is 17.8. The molecule has 6 heteroatoms. The van der Waals surface area contributed by atoms with Crippen molar-refractivity contribution in [2.24, 2.45) is 5.92 Å². The molecular weight excluding hydrogens is 319 g/mol. The van der Waals surface area contributed by atoms with Gasteiger partial charge < -0.3 is 5.32 Å². The molecule has 25 heavy (non-hydrogen) atoms. The maximum absolute atomic E-state index is 13.2. The number of carbonyl (C=O) groups is 1. The lowest BCUT2D eigenvalue weighted by atomic mass is 9.87. The molecule has 5 nitrogen and oxygen atoms in total. The van der Waals surface area contributed by atoms with Gasteiger partial charge in [0.2, 0.25) is 5.91 Å². The number of hydrazine groups is 1. The predicted molar refractivity (Wildman–Crippen MR) is 96.3 cm³/mol. The molecule has 0 bridgehead atoms. The van der Waals surface area contributed by atoms with Crippen molar-refractivity contribution in [3.8, 4) is 0 Å². The van der Waals surface area contributed by atoms with E-state index in [1.807, 2.05) is 0 Å². The highest BCUT2D eigenvalue weighted by Gasteiger charge is 2.35. The number of amides is 1. The zero-order valence-electron chi connectivity index (χ0n) is 15.1. The predicted octanol–water partition coefficient (Wildman–Crippen LogP) is 1.97. The minimum Gasteiger partial charge on any atom is -0.355 e. The number of benzene rings is 1. The summed E-state index contributed by atoms with van der Waals surface area (Å²) < 4.78 is 13.2. The summed E-state index contributed by atoms with van der Waals surface area (Å²) in [6.07, 6.45) is 2.84. The van der Waals surface area contributed by atoms with Crippen molar-refractivity contribution in [3.05, 3.63) is 35.6 Å². The molecule has 2 aliphatic rings. The summed E-state index contributed by atoms with van der Waals surface area (Å²) in [7, 11) is 0. The van der Waals surface area contributed by atoms with E-state index < -0.39 is 0 Å². The minimum atomic E-state index is -0.242. The van der Waals surface area contributed by atoms with Crippen molar-refractivity contribution in [2.75, 3.05) is 19.6 Å². The van der Waals surface area contributed by atoms with Crippen LogP contribution in [0.3, 0.4) is 0 Å². The fourth-order valence-corrected chi connectivity index (χ4v) is 4.08. The number of likely N-dealkylation sites (N-methyl/N-ethyl adjacent to an activating group) is 1. The van der Waals surface area contributed by atoms with E-state index >= 15 is 0 Å². The van der Waals surface area contributed by atoms with Crippen molar-refractivity contribution in [3.63, 3.8) is 0 Å². The monoisotopic (exact) mass is 348 g/mol. The van der Waals surface area contributed by atoms with Gasteiger partial charge in [-0.2, -0.15) is 0 Å². The van der Waals surface area contributed by atoms with Gasteiger partial charge in [0.15, 0.2) is 0 Å². The summed E-state index contributed by atoms with van der Waals surface area (Å²) >= 11 is 0. The van der Waals surface area contributed by atoms with Gasteiger partial charge in [-0.25, -0.2) is 9.82 Å². The lowest BCUT2D eigenvalue weighted by Gasteiger charge is -2.24. The van der Waals surface area contributed by atoms with E-state index in [0.29, 0.717) is 12.5 Å². The first-order valence-electron chi connectivity index (χ1n) is 9.35. The van der Waals surface area contributed by atoms with Gasteiger partial charge in [-0.05, 0) is 50.6 Å². The molecule has 0 aliphatic carbocycles. The van der Waals surface area contributed by atoms with Crippen LogP contribution in [0, 0.1) is 11.7 Å². The number of hydrogen-bond donors (Lipinski definition) is 3. The normalized spacial score (nSPS) is 29.9. The average molecular weight is 348 g/mol. The summed E-state index contributed by atoms with van der Waals surface area (Å²) in [4.78, 5) is 14.9. The van der Waals surface area contributed by atoms with Crippen LogP contribution in [0.5, 0.6) is 0 Å². The van der Waals surface area contributed by atoms with Gasteiger partial charge >= 0.3 is 0 Å². The molecule has 138 valence electrons. The van der Waals surface area contributed by atoms with Crippen LogP contribution in [-0.4, -0.2) is 42.5 Å². The first-order valence-corrected chi connectivity index (χ1v) is 9.35. The Hall–Kier alpha value is -1.50. The molecule has 2 aliphatic heterocycles. The van der Waals surface area contributed by atoms with Crippen LogP contribution < -0.4 is 16.2 Å². The summed E-state index contributed by atoms with van der Waals surface area (Å²) in [6, 6.07) is 7.18.